The van der Waals surface area contributed by atoms with Gasteiger partial charge in [-0.25, -0.2) is 4.79 Å². The number of rotatable bonds is 5. The van der Waals surface area contributed by atoms with E-state index in [1.54, 1.807) is 16.7 Å². The quantitative estimate of drug-likeness (QED) is 0.360. The predicted molar refractivity (Wildman–Crippen MR) is 93.4 cm³/mol. The molecular formula is C15H28N4O2S. The molecule has 6 nitrogen and oxygen atoms in total. The van der Waals surface area contributed by atoms with E-state index in [9.17, 15) is 4.79 Å². The number of ether oxygens (including phenoxy) is 1. The van der Waals surface area contributed by atoms with Gasteiger partial charge in [0.05, 0.1) is 6.54 Å². The fraction of sp³-hybridized carbons (Fsp3) is 0.733. The standard InChI is InChI=1S/C15H28N4O2S/c1-5-11-22-12-6-17-13(16)18-7-9-19(10-8-18)14(20)21-15(2,3)4/h5H,1,6-12H2,2-4H3,(H2,16,17). The largest absolute Gasteiger partial charge is 0.444 e. The molecule has 0 atom stereocenters. The van der Waals surface area contributed by atoms with E-state index in [0.29, 0.717) is 38.7 Å². The van der Waals surface area contributed by atoms with Gasteiger partial charge in [0.1, 0.15) is 5.60 Å². The van der Waals surface area contributed by atoms with E-state index >= 15 is 0 Å². The average Bonchev–Trinajstić information content (AvgIpc) is 2.45. The van der Waals surface area contributed by atoms with Gasteiger partial charge < -0.3 is 20.3 Å². The van der Waals surface area contributed by atoms with Gasteiger partial charge in [0.25, 0.3) is 0 Å². The van der Waals surface area contributed by atoms with Gasteiger partial charge >= 0.3 is 6.09 Å². The molecule has 2 N–H and O–H groups in total. The molecule has 126 valence electrons. The second-order valence-electron chi connectivity index (χ2n) is 6.06. The van der Waals surface area contributed by atoms with Crippen LogP contribution in [-0.2, 0) is 4.74 Å². The zero-order chi connectivity index (χ0) is 16.6. The summed E-state index contributed by atoms with van der Waals surface area (Å²) >= 11 is 1.78. The van der Waals surface area contributed by atoms with E-state index in [1.165, 1.54) is 0 Å². The van der Waals surface area contributed by atoms with E-state index in [2.05, 4.69) is 11.6 Å². The zero-order valence-corrected chi connectivity index (χ0v) is 14.7. The number of guanidine groups is 1. The number of piperazine rings is 1. The smallest absolute Gasteiger partial charge is 0.410 e. The van der Waals surface area contributed by atoms with E-state index < -0.39 is 5.60 Å². The summed E-state index contributed by atoms with van der Waals surface area (Å²) in [5.41, 5.74) is 5.54. The van der Waals surface area contributed by atoms with Crippen LogP contribution < -0.4 is 5.73 Å². The highest BCUT2D eigenvalue weighted by Gasteiger charge is 2.26. The highest BCUT2D eigenvalue weighted by Crippen LogP contribution is 2.11. The van der Waals surface area contributed by atoms with Crippen molar-refractivity contribution in [1.82, 2.24) is 9.80 Å². The number of nitrogens with zero attached hydrogens (tertiary/aromatic N) is 3. The second kappa shape index (κ2) is 8.92. The van der Waals surface area contributed by atoms with Crippen LogP contribution in [0.25, 0.3) is 0 Å². The number of hydrogen-bond acceptors (Lipinski definition) is 4. The molecule has 1 heterocycles. The molecule has 0 aromatic carbocycles. The molecule has 7 heteroatoms. The minimum absolute atomic E-state index is 0.261. The van der Waals surface area contributed by atoms with Gasteiger partial charge in [0, 0.05) is 37.7 Å². The van der Waals surface area contributed by atoms with Gasteiger partial charge in [-0.15, -0.1) is 6.58 Å². The summed E-state index contributed by atoms with van der Waals surface area (Å²) < 4.78 is 5.37. The molecule has 1 fully saturated rings. The van der Waals surface area contributed by atoms with Crippen LogP contribution in [0.4, 0.5) is 4.79 Å². The summed E-state index contributed by atoms with van der Waals surface area (Å²) in [5.74, 6) is 2.43. The third-order valence-corrected chi connectivity index (χ3v) is 3.94. The SMILES string of the molecule is C=CCSCCN=C(N)N1CCN(C(=O)OC(C)(C)C)CC1. The lowest BCUT2D eigenvalue weighted by molar-refractivity contribution is 0.0186. The summed E-state index contributed by atoms with van der Waals surface area (Å²) in [4.78, 5) is 20.1. The van der Waals surface area contributed by atoms with Crippen molar-refractivity contribution in [3.8, 4) is 0 Å². The number of carbonyl (C=O) groups excluding carboxylic acids is 1. The molecule has 0 bridgehead atoms. The molecule has 1 saturated heterocycles. The molecule has 22 heavy (non-hydrogen) atoms. The monoisotopic (exact) mass is 328 g/mol. The van der Waals surface area contributed by atoms with Crippen LogP contribution in [-0.4, -0.2) is 71.7 Å². The molecule has 0 unspecified atom stereocenters. The van der Waals surface area contributed by atoms with Gasteiger partial charge in [-0.3, -0.25) is 4.99 Å². The summed E-state index contributed by atoms with van der Waals surface area (Å²) in [6, 6.07) is 0. The lowest BCUT2D eigenvalue weighted by atomic mass is 10.2. The lowest BCUT2D eigenvalue weighted by Crippen LogP contribution is -2.53. The third-order valence-electron chi connectivity index (χ3n) is 3.00. The number of nitrogens with two attached hydrogens (primary N) is 1. The molecule has 0 aromatic rings. The van der Waals surface area contributed by atoms with Crippen LogP contribution >= 0.6 is 11.8 Å². The first kappa shape index (κ1) is 18.7. The number of hydrogen-bond donors (Lipinski definition) is 1. The Morgan fingerprint density at radius 2 is 1.91 bits per heavy atom. The van der Waals surface area contributed by atoms with Crippen molar-refractivity contribution in [1.29, 1.82) is 0 Å². The maximum atomic E-state index is 12.0. The van der Waals surface area contributed by atoms with Gasteiger partial charge in [-0.2, -0.15) is 11.8 Å². The van der Waals surface area contributed by atoms with Crippen molar-refractivity contribution >= 4 is 23.8 Å². The predicted octanol–water partition coefficient (Wildman–Crippen LogP) is 1.77. The first-order chi connectivity index (χ1) is 10.3. The fourth-order valence-electron chi connectivity index (χ4n) is 1.94. The van der Waals surface area contributed by atoms with Gasteiger partial charge in [-0.1, -0.05) is 6.08 Å². The van der Waals surface area contributed by atoms with Crippen molar-refractivity contribution < 1.29 is 9.53 Å². The van der Waals surface area contributed by atoms with E-state index in [-0.39, 0.29) is 6.09 Å². The van der Waals surface area contributed by atoms with Crippen LogP contribution in [0.2, 0.25) is 0 Å². The summed E-state index contributed by atoms with van der Waals surface area (Å²) in [6.45, 7) is 12.6. The molecular weight excluding hydrogens is 300 g/mol. The molecule has 0 aliphatic carbocycles. The van der Waals surface area contributed by atoms with E-state index in [0.717, 1.165) is 11.5 Å². The van der Waals surface area contributed by atoms with Crippen molar-refractivity contribution in [3.63, 3.8) is 0 Å². The highest BCUT2D eigenvalue weighted by atomic mass is 32.2. The van der Waals surface area contributed by atoms with Crippen molar-refractivity contribution in [3.05, 3.63) is 12.7 Å². The first-order valence-corrected chi connectivity index (χ1v) is 8.70. The molecule has 0 saturated carbocycles. The molecule has 0 radical (unpaired) electrons. The molecule has 1 amide bonds. The Morgan fingerprint density at radius 3 is 2.45 bits per heavy atom. The van der Waals surface area contributed by atoms with Crippen LogP contribution in [0, 0.1) is 0 Å². The van der Waals surface area contributed by atoms with Crippen LogP contribution in [0.15, 0.2) is 17.6 Å². The van der Waals surface area contributed by atoms with Crippen molar-refractivity contribution in [2.24, 2.45) is 10.7 Å². The number of amides is 1. The van der Waals surface area contributed by atoms with Gasteiger partial charge in [-0.05, 0) is 20.8 Å². The third kappa shape index (κ3) is 7.06. The maximum absolute atomic E-state index is 12.0. The Kier molecular flexibility index (Phi) is 7.58. The maximum Gasteiger partial charge on any atom is 0.410 e. The Bertz CT molecular complexity index is 399. The van der Waals surface area contributed by atoms with E-state index in [4.69, 9.17) is 10.5 Å². The Hall–Kier alpha value is -1.37. The topological polar surface area (TPSA) is 71.2 Å². The molecule has 1 aliphatic rings. The highest BCUT2D eigenvalue weighted by molar-refractivity contribution is 7.99. The average molecular weight is 328 g/mol. The van der Waals surface area contributed by atoms with Crippen LogP contribution in [0.5, 0.6) is 0 Å². The normalized spacial score (nSPS) is 16.6. The van der Waals surface area contributed by atoms with E-state index in [1.807, 2.05) is 31.7 Å². The minimum atomic E-state index is -0.461. The fourth-order valence-corrected chi connectivity index (χ4v) is 2.49. The first-order valence-electron chi connectivity index (χ1n) is 7.55. The minimum Gasteiger partial charge on any atom is -0.444 e. The van der Waals surface area contributed by atoms with Crippen molar-refractivity contribution in [2.45, 2.75) is 26.4 Å². The molecule has 1 rings (SSSR count). The Morgan fingerprint density at radius 1 is 1.32 bits per heavy atom. The number of thioether (sulfide) groups is 1. The van der Waals surface area contributed by atoms with Crippen LogP contribution in [0.1, 0.15) is 20.8 Å². The zero-order valence-electron chi connectivity index (χ0n) is 13.9. The van der Waals surface area contributed by atoms with Gasteiger partial charge in [0.2, 0.25) is 0 Å². The lowest BCUT2D eigenvalue weighted by Gasteiger charge is -2.36. The van der Waals surface area contributed by atoms with Crippen molar-refractivity contribution in [2.75, 3.05) is 44.2 Å². The molecule has 0 spiro atoms. The molecule has 1 aliphatic heterocycles. The summed E-state index contributed by atoms with van der Waals surface area (Å²) in [6.07, 6.45) is 1.62. The number of carbonyl (C=O) groups is 1. The van der Waals surface area contributed by atoms with Crippen LogP contribution in [0.3, 0.4) is 0 Å². The summed E-state index contributed by atoms with van der Waals surface area (Å²) in [7, 11) is 0. The van der Waals surface area contributed by atoms with Gasteiger partial charge in [0.15, 0.2) is 5.96 Å². The Labute approximate surface area is 137 Å². The summed E-state index contributed by atoms with van der Waals surface area (Å²) in [5, 5.41) is 0. The molecule has 0 aromatic heterocycles. The second-order valence-corrected chi connectivity index (χ2v) is 7.21. The number of aliphatic imine (C=N–C) groups is 1. The Balaban J connectivity index is 2.33.